The first-order valence-corrected chi connectivity index (χ1v) is 9.58. The van der Waals surface area contributed by atoms with E-state index in [0.717, 1.165) is 12.8 Å². The molecule has 1 heterocycles. The van der Waals surface area contributed by atoms with Gasteiger partial charge in [0.25, 0.3) is 5.91 Å². The molecule has 2 amide bonds. The molecular weight excluding hydrogens is 346 g/mol. The van der Waals surface area contributed by atoms with Crippen molar-refractivity contribution in [2.24, 2.45) is 0 Å². The molecule has 6 heteroatoms. The van der Waals surface area contributed by atoms with Crippen molar-refractivity contribution in [2.75, 3.05) is 18.4 Å². The smallest absolute Gasteiger partial charge is 0.251 e. The van der Waals surface area contributed by atoms with Gasteiger partial charge in [0, 0.05) is 35.3 Å². The van der Waals surface area contributed by atoms with Crippen molar-refractivity contribution in [3.8, 4) is 0 Å². The van der Waals surface area contributed by atoms with Crippen LogP contribution in [0.15, 0.2) is 54.4 Å². The van der Waals surface area contributed by atoms with Gasteiger partial charge in [0.1, 0.15) is 0 Å². The number of nitrogens with one attached hydrogen (secondary N) is 2. The molecule has 2 N–H and O–H groups in total. The van der Waals surface area contributed by atoms with Crippen LogP contribution < -0.4 is 10.6 Å². The lowest BCUT2D eigenvalue weighted by Gasteiger charge is -2.19. The van der Waals surface area contributed by atoms with E-state index in [9.17, 15) is 9.59 Å². The first-order valence-electron chi connectivity index (χ1n) is 8.70. The summed E-state index contributed by atoms with van der Waals surface area (Å²) in [6.45, 7) is 5.38. The summed E-state index contributed by atoms with van der Waals surface area (Å²) >= 11 is 1.67. The molecule has 1 aliphatic carbocycles. The van der Waals surface area contributed by atoms with Crippen LogP contribution in [0.1, 0.15) is 28.1 Å². The number of carbonyl (C=O) groups excluding carboxylic acids is 2. The molecule has 1 aromatic heterocycles. The fourth-order valence-electron chi connectivity index (χ4n) is 2.63. The van der Waals surface area contributed by atoms with Crippen LogP contribution in [-0.2, 0) is 11.3 Å². The minimum absolute atomic E-state index is 0.0884. The second-order valence-electron chi connectivity index (χ2n) is 6.41. The molecular formula is C20H23N3O2S. The Kier molecular flexibility index (Phi) is 6.20. The first-order chi connectivity index (χ1) is 12.6. The molecule has 1 aromatic carbocycles. The Bertz CT molecular complexity index is 769. The maximum absolute atomic E-state index is 12.4. The van der Waals surface area contributed by atoms with Crippen molar-refractivity contribution in [3.05, 3.63) is 64.9 Å². The average molecular weight is 369 g/mol. The van der Waals surface area contributed by atoms with E-state index < -0.39 is 0 Å². The van der Waals surface area contributed by atoms with Gasteiger partial charge in [-0.05, 0) is 42.5 Å². The van der Waals surface area contributed by atoms with E-state index in [-0.39, 0.29) is 18.4 Å². The van der Waals surface area contributed by atoms with Crippen LogP contribution in [0.5, 0.6) is 0 Å². The summed E-state index contributed by atoms with van der Waals surface area (Å²) in [6, 6.07) is 11.4. The monoisotopic (exact) mass is 369 g/mol. The highest BCUT2D eigenvalue weighted by Gasteiger charge is 2.23. The molecule has 0 bridgehead atoms. The Labute approximate surface area is 157 Å². The molecule has 3 rings (SSSR count). The topological polar surface area (TPSA) is 61.4 Å². The zero-order valence-corrected chi connectivity index (χ0v) is 15.4. The molecule has 1 fully saturated rings. The number of amides is 2. The molecule has 26 heavy (non-hydrogen) atoms. The first kappa shape index (κ1) is 18.4. The van der Waals surface area contributed by atoms with Gasteiger partial charge in [-0.15, -0.1) is 17.9 Å². The molecule has 0 atom stereocenters. The van der Waals surface area contributed by atoms with E-state index in [4.69, 9.17) is 0 Å². The van der Waals surface area contributed by atoms with Crippen LogP contribution in [0, 0.1) is 0 Å². The van der Waals surface area contributed by atoms with E-state index in [1.165, 1.54) is 4.88 Å². The number of carbonyl (C=O) groups is 2. The third-order valence-corrected chi connectivity index (χ3v) is 4.90. The van der Waals surface area contributed by atoms with Gasteiger partial charge in [-0.2, -0.15) is 0 Å². The minimum Gasteiger partial charge on any atom is -0.349 e. The average Bonchev–Trinajstić information content (AvgIpc) is 3.28. The molecule has 1 saturated carbocycles. The summed E-state index contributed by atoms with van der Waals surface area (Å²) in [7, 11) is 0. The van der Waals surface area contributed by atoms with Crippen molar-refractivity contribution >= 4 is 28.8 Å². The van der Waals surface area contributed by atoms with Gasteiger partial charge in [0.2, 0.25) is 5.91 Å². The fourth-order valence-corrected chi connectivity index (χ4v) is 3.37. The van der Waals surface area contributed by atoms with Gasteiger partial charge in [0.05, 0.1) is 6.54 Å². The van der Waals surface area contributed by atoms with Crippen LogP contribution in [0.3, 0.4) is 0 Å². The molecule has 0 saturated heterocycles. The van der Waals surface area contributed by atoms with E-state index in [1.807, 2.05) is 16.3 Å². The summed E-state index contributed by atoms with van der Waals surface area (Å²) in [5.41, 5.74) is 1.20. The summed E-state index contributed by atoms with van der Waals surface area (Å²) in [5.74, 6) is -0.197. The highest BCUT2D eigenvalue weighted by Crippen LogP contribution is 2.20. The lowest BCUT2D eigenvalue weighted by Crippen LogP contribution is -2.33. The highest BCUT2D eigenvalue weighted by atomic mass is 32.1. The normalized spacial score (nSPS) is 13.4. The summed E-state index contributed by atoms with van der Waals surface area (Å²) in [6.07, 6.45) is 3.89. The molecule has 1 aliphatic rings. The SMILES string of the molecule is C=CCN(CC(=O)Nc1cccc(C(=O)NC2CC2)c1)Cc1cccs1. The van der Waals surface area contributed by atoms with E-state index in [0.29, 0.717) is 30.4 Å². The minimum atomic E-state index is -0.108. The Morgan fingerprint density at radius 1 is 1.27 bits per heavy atom. The van der Waals surface area contributed by atoms with Crippen LogP contribution in [0.2, 0.25) is 0 Å². The van der Waals surface area contributed by atoms with Gasteiger partial charge < -0.3 is 10.6 Å². The molecule has 0 unspecified atom stereocenters. The Morgan fingerprint density at radius 3 is 2.81 bits per heavy atom. The molecule has 2 aromatic rings. The second-order valence-corrected chi connectivity index (χ2v) is 7.45. The summed E-state index contributed by atoms with van der Waals surface area (Å²) in [4.78, 5) is 27.8. The summed E-state index contributed by atoms with van der Waals surface area (Å²) < 4.78 is 0. The van der Waals surface area contributed by atoms with Crippen LogP contribution in [-0.4, -0.2) is 35.8 Å². The third-order valence-electron chi connectivity index (χ3n) is 4.04. The van der Waals surface area contributed by atoms with Crippen molar-refractivity contribution in [2.45, 2.75) is 25.4 Å². The van der Waals surface area contributed by atoms with Gasteiger partial charge in [0.15, 0.2) is 0 Å². The van der Waals surface area contributed by atoms with E-state index >= 15 is 0 Å². The maximum atomic E-state index is 12.4. The standard InChI is InChI=1S/C20H23N3O2S/c1-2-10-23(13-18-7-4-11-26-18)14-19(24)21-17-6-3-5-15(12-17)20(25)22-16-8-9-16/h2-7,11-12,16H,1,8-10,13-14H2,(H,21,24)(H,22,25). The molecule has 5 nitrogen and oxygen atoms in total. The van der Waals surface area contributed by atoms with Crippen molar-refractivity contribution in [1.82, 2.24) is 10.2 Å². The number of hydrogen-bond donors (Lipinski definition) is 2. The van der Waals surface area contributed by atoms with Crippen LogP contribution >= 0.6 is 11.3 Å². The highest BCUT2D eigenvalue weighted by molar-refractivity contribution is 7.09. The van der Waals surface area contributed by atoms with Crippen LogP contribution in [0.25, 0.3) is 0 Å². The number of nitrogens with zero attached hydrogens (tertiary/aromatic N) is 1. The second kappa shape index (κ2) is 8.78. The molecule has 0 aliphatic heterocycles. The van der Waals surface area contributed by atoms with Crippen molar-refractivity contribution in [3.63, 3.8) is 0 Å². The Balaban J connectivity index is 1.57. The number of anilines is 1. The van der Waals surface area contributed by atoms with E-state index in [2.05, 4.69) is 23.3 Å². The summed E-state index contributed by atoms with van der Waals surface area (Å²) in [5, 5.41) is 7.87. The number of hydrogen-bond acceptors (Lipinski definition) is 4. The predicted molar refractivity (Wildman–Crippen MR) is 105 cm³/mol. The van der Waals surface area contributed by atoms with Crippen LogP contribution in [0.4, 0.5) is 5.69 Å². The number of thiophene rings is 1. The van der Waals surface area contributed by atoms with Crippen molar-refractivity contribution in [1.29, 1.82) is 0 Å². The third kappa shape index (κ3) is 5.54. The van der Waals surface area contributed by atoms with E-state index in [1.54, 1.807) is 41.7 Å². The zero-order valence-electron chi connectivity index (χ0n) is 14.6. The number of benzene rings is 1. The quantitative estimate of drug-likeness (QED) is 0.667. The van der Waals surface area contributed by atoms with Gasteiger partial charge in [-0.3, -0.25) is 14.5 Å². The van der Waals surface area contributed by atoms with Gasteiger partial charge in [-0.25, -0.2) is 0 Å². The Hall–Kier alpha value is -2.44. The molecule has 0 spiro atoms. The molecule has 0 radical (unpaired) electrons. The lowest BCUT2D eigenvalue weighted by atomic mass is 10.2. The van der Waals surface area contributed by atoms with Gasteiger partial charge >= 0.3 is 0 Å². The zero-order chi connectivity index (χ0) is 18.4. The van der Waals surface area contributed by atoms with Gasteiger partial charge in [-0.1, -0.05) is 18.2 Å². The van der Waals surface area contributed by atoms with Crippen molar-refractivity contribution < 1.29 is 9.59 Å². The predicted octanol–water partition coefficient (Wildman–Crippen LogP) is 3.27. The molecule has 136 valence electrons. The Morgan fingerprint density at radius 2 is 2.12 bits per heavy atom. The number of rotatable bonds is 9. The largest absolute Gasteiger partial charge is 0.349 e. The maximum Gasteiger partial charge on any atom is 0.251 e. The lowest BCUT2D eigenvalue weighted by molar-refractivity contribution is -0.117. The fraction of sp³-hybridized carbons (Fsp3) is 0.300.